The zero-order valence-corrected chi connectivity index (χ0v) is 18.2. The predicted octanol–water partition coefficient (Wildman–Crippen LogP) is 3.67. The summed E-state index contributed by atoms with van der Waals surface area (Å²) in [6, 6.07) is 11.7. The summed E-state index contributed by atoms with van der Waals surface area (Å²) in [7, 11) is 0. The summed E-state index contributed by atoms with van der Waals surface area (Å²) < 4.78 is 12.0. The zero-order chi connectivity index (χ0) is 21.4. The van der Waals surface area contributed by atoms with Crippen molar-refractivity contribution in [3.63, 3.8) is 0 Å². The number of likely N-dealkylation sites (tertiary alicyclic amines) is 1. The molecule has 1 spiro atoms. The van der Waals surface area contributed by atoms with Crippen LogP contribution in [0.1, 0.15) is 48.0 Å². The fourth-order valence-corrected chi connectivity index (χ4v) is 4.55. The van der Waals surface area contributed by atoms with Crippen molar-refractivity contribution in [1.82, 2.24) is 15.2 Å². The number of carbonyl (C=O) groups excluding carboxylic acids is 1. The lowest BCUT2D eigenvalue weighted by Crippen LogP contribution is -2.43. The minimum atomic E-state index is -0.100. The molecule has 1 aromatic heterocycles. The van der Waals surface area contributed by atoms with Crippen molar-refractivity contribution in [1.29, 1.82) is 0 Å². The van der Waals surface area contributed by atoms with Gasteiger partial charge in [-0.2, -0.15) is 0 Å². The molecule has 0 atom stereocenters. The van der Waals surface area contributed by atoms with E-state index in [2.05, 4.69) is 21.3 Å². The molecule has 0 saturated carbocycles. The molecule has 1 aromatic carbocycles. The predicted molar refractivity (Wildman–Crippen MR) is 120 cm³/mol. The number of piperidine rings is 1. The largest absolute Gasteiger partial charge is 0.492 e. The number of pyridine rings is 1. The first-order chi connectivity index (χ1) is 15.2. The monoisotopic (exact) mass is 423 g/mol. The second-order valence-corrected chi connectivity index (χ2v) is 8.75. The van der Waals surface area contributed by atoms with Crippen LogP contribution >= 0.6 is 0 Å². The van der Waals surface area contributed by atoms with E-state index < -0.39 is 0 Å². The van der Waals surface area contributed by atoms with Gasteiger partial charge in [0.1, 0.15) is 5.75 Å². The molecule has 6 nitrogen and oxygen atoms in total. The molecule has 1 fully saturated rings. The molecule has 6 heteroatoms. The molecule has 1 saturated heterocycles. The highest BCUT2D eigenvalue weighted by molar-refractivity contribution is 5.96. The van der Waals surface area contributed by atoms with E-state index in [9.17, 15) is 4.79 Å². The number of para-hydroxylation sites is 1. The van der Waals surface area contributed by atoms with Crippen LogP contribution in [0.3, 0.4) is 0 Å². The van der Waals surface area contributed by atoms with Crippen LogP contribution in [0.25, 0.3) is 0 Å². The highest BCUT2D eigenvalue weighted by Gasteiger charge is 2.35. The van der Waals surface area contributed by atoms with Gasteiger partial charge < -0.3 is 14.8 Å². The third kappa shape index (κ3) is 6.05. The lowest BCUT2D eigenvalue weighted by atomic mass is 9.75. The van der Waals surface area contributed by atoms with Gasteiger partial charge >= 0.3 is 0 Å². The number of benzene rings is 1. The first kappa shape index (κ1) is 21.8. The van der Waals surface area contributed by atoms with Crippen LogP contribution in [0.15, 0.2) is 48.8 Å². The number of rotatable bonds is 2. The highest BCUT2D eigenvalue weighted by atomic mass is 16.5. The Kier molecular flexibility index (Phi) is 7.54. The van der Waals surface area contributed by atoms with Gasteiger partial charge in [0.2, 0.25) is 0 Å². The number of fused-ring (bicyclic) bond motifs is 1. The fourth-order valence-electron chi connectivity index (χ4n) is 4.55. The third-order valence-corrected chi connectivity index (χ3v) is 6.49. The molecular formula is C25H33N3O3. The molecule has 2 aliphatic heterocycles. The summed E-state index contributed by atoms with van der Waals surface area (Å²) in [5.74, 6) is 0.576. The maximum atomic E-state index is 12.6. The van der Waals surface area contributed by atoms with E-state index >= 15 is 0 Å². The normalized spacial score (nSPS) is 20.8. The van der Waals surface area contributed by atoms with Gasteiger partial charge in [0.15, 0.2) is 0 Å². The summed E-state index contributed by atoms with van der Waals surface area (Å²) >= 11 is 0. The third-order valence-electron chi connectivity index (χ3n) is 6.49. The van der Waals surface area contributed by atoms with Gasteiger partial charge in [-0.25, -0.2) is 0 Å². The average Bonchev–Trinajstić information content (AvgIpc) is 2.81. The van der Waals surface area contributed by atoms with Gasteiger partial charge in [-0.05, 0) is 62.5 Å². The SMILES string of the molecule is O=C1NCCOCCCCC2(CCN(Cc3cccnc3)CC2)COc2ccccc21. The molecule has 0 radical (unpaired) electrons. The van der Waals surface area contributed by atoms with E-state index in [1.54, 1.807) is 0 Å². The summed E-state index contributed by atoms with van der Waals surface area (Å²) in [4.78, 5) is 19.4. The summed E-state index contributed by atoms with van der Waals surface area (Å²) in [5, 5.41) is 2.94. The van der Waals surface area contributed by atoms with Gasteiger partial charge in [-0.3, -0.25) is 14.7 Å². The Hall–Kier alpha value is -2.44. The van der Waals surface area contributed by atoms with E-state index in [1.165, 1.54) is 5.56 Å². The van der Waals surface area contributed by atoms with Crippen LogP contribution in [0.4, 0.5) is 0 Å². The van der Waals surface area contributed by atoms with Gasteiger partial charge in [0.05, 0.1) is 18.8 Å². The first-order valence-corrected chi connectivity index (χ1v) is 11.4. The highest BCUT2D eigenvalue weighted by Crippen LogP contribution is 2.38. The second-order valence-electron chi connectivity index (χ2n) is 8.75. The molecule has 3 heterocycles. The lowest BCUT2D eigenvalue weighted by Gasteiger charge is -2.42. The van der Waals surface area contributed by atoms with E-state index in [0.29, 0.717) is 31.1 Å². The first-order valence-electron chi connectivity index (χ1n) is 11.4. The molecule has 0 unspecified atom stereocenters. The smallest absolute Gasteiger partial charge is 0.255 e. The van der Waals surface area contributed by atoms with E-state index in [-0.39, 0.29) is 11.3 Å². The lowest BCUT2D eigenvalue weighted by molar-refractivity contribution is 0.0383. The molecule has 1 N–H and O–H groups in total. The Bertz CT molecular complexity index is 835. The van der Waals surface area contributed by atoms with Crippen LogP contribution in [-0.2, 0) is 11.3 Å². The minimum absolute atomic E-state index is 0.100. The Balaban J connectivity index is 1.44. The van der Waals surface area contributed by atoms with Crippen molar-refractivity contribution in [3.8, 4) is 5.75 Å². The van der Waals surface area contributed by atoms with Crippen LogP contribution in [0.5, 0.6) is 5.75 Å². The van der Waals surface area contributed by atoms with Crippen LogP contribution < -0.4 is 10.1 Å². The number of hydrogen-bond donors (Lipinski definition) is 1. The van der Waals surface area contributed by atoms with Crippen molar-refractivity contribution in [2.24, 2.45) is 5.41 Å². The van der Waals surface area contributed by atoms with Crippen LogP contribution in [0, 0.1) is 5.41 Å². The Labute approximate surface area is 185 Å². The summed E-state index contributed by atoms with van der Waals surface area (Å²) in [6.45, 7) is 5.51. The van der Waals surface area contributed by atoms with E-state index in [1.807, 2.05) is 42.7 Å². The van der Waals surface area contributed by atoms with Crippen LogP contribution in [-0.4, -0.2) is 55.2 Å². The summed E-state index contributed by atoms with van der Waals surface area (Å²) in [6.07, 6.45) is 9.29. The molecular weight excluding hydrogens is 390 g/mol. The molecule has 0 aliphatic carbocycles. The molecule has 0 bridgehead atoms. The number of nitrogens with zero attached hydrogens (tertiary/aromatic N) is 2. The van der Waals surface area contributed by atoms with Crippen LogP contribution in [0.2, 0.25) is 0 Å². The van der Waals surface area contributed by atoms with Gasteiger partial charge in [0, 0.05) is 37.5 Å². The Morgan fingerprint density at radius 1 is 1.03 bits per heavy atom. The van der Waals surface area contributed by atoms with Gasteiger partial charge in [0.25, 0.3) is 5.91 Å². The maximum absolute atomic E-state index is 12.6. The average molecular weight is 424 g/mol. The number of amides is 1. The molecule has 166 valence electrons. The quantitative estimate of drug-likeness (QED) is 0.799. The Morgan fingerprint density at radius 3 is 2.74 bits per heavy atom. The second kappa shape index (κ2) is 10.7. The topological polar surface area (TPSA) is 63.7 Å². The van der Waals surface area contributed by atoms with Gasteiger partial charge in [-0.15, -0.1) is 0 Å². The molecule has 31 heavy (non-hydrogen) atoms. The standard InChI is InChI=1S/C25H33N3O3/c29-24-22-7-1-2-8-23(22)31-20-25(9-3-4-16-30-17-13-27-24)10-14-28(15-11-25)19-21-6-5-12-26-18-21/h1-2,5-8,12,18H,3-4,9-11,13-17,19-20H2,(H,27,29). The summed E-state index contributed by atoms with van der Waals surface area (Å²) in [5.41, 5.74) is 2.00. The van der Waals surface area contributed by atoms with Crippen molar-refractivity contribution in [3.05, 3.63) is 59.9 Å². The van der Waals surface area contributed by atoms with Crippen molar-refractivity contribution >= 4 is 5.91 Å². The fraction of sp³-hybridized carbons (Fsp3) is 0.520. The van der Waals surface area contributed by atoms with Crippen molar-refractivity contribution in [2.75, 3.05) is 39.5 Å². The molecule has 2 aromatic rings. The van der Waals surface area contributed by atoms with E-state index in [4.69, 9.17) is 9.47 Å². The Morgan fingerprint density at radius 2 is 1.90 bits per heavy atom. The van der Waals surface area contributed by atoms with Crippen molar-refractivity contribution < 1.29 is 14.3 Å². The number of carbonyl (C=O) groups is 1. The van der Waals surface area contributed by atoms with Gasteiger partial charge in [-0.1, -0.05) is 24.6 Å². The maximum Gasteiger partial charge on any atom is 0.255 e. The number of aromatic nitrogens is 1. The molecule has 1 amide bonds. The number of ether oxygens (including phenoxy) is 2. The molecule has 2 aliphatic rings. The number of nitrogens with one attached hydrogen (secondary N) is 1. The zero-order valence-electron chi connectivity index (χ0n) is 18.2. The van der Waals surface area contributed by atoms with Crippen molar-refractivity contribution in [2.45, 2.75) is 38.6 Å². The number of hydrogen-bond acceptors (Lipinski definition) is 5. The van der Waals surface area contributed by atoms with E-state index in [0.717, 1.165) is 58.3 Å². The minimum Gasteiger partial charge on any atom is -0.492 e. The molecule has 4 rings (SSSR count).